The molecule has 2 rings (SSSR count). The van der Waals surface area contributed by atoms with Crippen LogP contribution in [0.5, 0.6) is 0 Å². The van der Waals surface area contributed by atoms with Crippen molar-refractivity contribution in [2.24, 2.45) is 5.73 Å². The average molecular weight is 338 g/mol. The molecule has 20 heavy (non-hydrogen) atoms. The minimum Gasteiger partial charge on any atom is -0.370 e. The summed E-state index contributed by atoms with van der Waals surface area (Å²) in [5.74, 6) is -0.855. The Morgan fingerprint density at radius 3 is 2.80 bits per heavy atom. The second-order valence-corrected chi connectivity index (χ2v) is 5.21. The molecule has 0 aliphatic heterocycles. The molecule has 0 saturated carbocycles. The van der Waals surface area contributed by atoms with Gasteiger partial charge in [0.15, 0.2) is 0 Å². The number of nitrogens with zero attached hydrogens (tertiary/aromatic N) is 2. The van der Waals surface area contributed by atoms with E-state index in [1.165, 1.54) is 18.3 Å². The van der Waals surface area contributed by atoms with Gasteiger partial charge in [-0.15, -0.1) is 0 Å². The van der Waals surface area contributed by atoms with Gasteiger partial charge in [0.05, 0.1) is 0 Å². The summed E-state index contributed by atoms with van der Waals surface area (Å²) in [6.07, 6.45) is 1.53. The quantitative estimate of drug-likeness (QED) is 0.933. The maximum absolute atomic E-state index is 13.0. The minimum absolute atomic E-state index is 0.215. The van der Waals surface area contributed by atoms with Crippen molar-refractivity contribution in [2.45, 2.75) is 6.54 Å². The van der Waals surface area contributed by atoms with Crippen molar-refractivity contribution in [3.8, 4) is 0 Å². The number of amides is 1. The van der Waals surface area contributed by atoms with E-state index in [0.717, 1.165) is 11.3 Å². The van der Waals surface area contributed by atoms with Gasteiger partial charge in [0.1, 0.15) is 11.5 Å². The molecule has 0 radical (unpaired) electrons. The third-order valence-corrected chi connectivity index (χ3v) is 3.60. The average Bonchev–Trinajstić information content (AvgIpc) is 2.42. The molecule has 6 heteroatoms. The summed E-state index contributed by atoms with van der Waals surface area (Å²) in [7, 11) is 1.87. The molecule has 0 fully saturated rings. The smallest absolute Gasteiger partial charge is 0.267 e. The summed E-state index contributed by atoms with van der Waals surface area (Å²) in [6.45, 7) is 0.559. The van der Waals surface area contributed by atoms with E-state index >= 15 is 0 Å². The van der Waals surface area contributed by atoms with Crippen molar-refractivity contribution in [2.75, 3.05) is 11.9 Å². The Labute approximate surface area is 124 Å². The van der Waals surface area contributed by atoms with Gasteiger partial charge in [0.2, 0.25) is 0 Å². The molecule has 0 spiro atoms. The van der Waals surface area contributed by atoms with E-state index in [2.05, 4.69) is 20.9 Å². The highest BCUT2D eigenvalue weighted by Crippen LogP contribution is 2.22. The number of benzene rings is 1. The van der Waals surface area contributed by atoms with Gasteiger partial charge >= 0.3 is 0 Å². The van der Waals surface area contributed by atoms with E-state index in [0.29, 0.717) is 11.0 Å². The first-order valence-corrected chi connectivity index (χ1v) is 6.67. The SMILES string of the molecule is CN(Cc1ccc(F)cc1Br)c1ccnc(C(N)=O)c1. The van der Waals surface area contributed by atoms with E-state index < -0.39 is 5.91 Å². The minimum atomic E-state index is -0.566. The number of nitrogens with two attached hydrogens (primary N) is 1. The molecular weight excluding hydrogens is 325 g/mol. The van der Waals surface area contributed by atoms with Gasteiger partial charge in [-0.2, -0.15) is 0 Å². The van der Waals surface area contributed by atoms with Crippen LogP contribution in [-0.4, -0.2) is 17.9 Å². The van der Waals surface area contributed by atoms with Crippen LogP contribution in [0.2, 0.25) is 0 Å². The first-order valence-electron chi connectivity index (χ1n) is 5.88. The third-order valence-electron chi connectivity index (χ3n) is 2.86. The molecule has 0 bridgehead atoms. The van der Waals surface area contributed by atoms with E-state index in [1.54, 1.807) is 18.2 Å². The monoisotopic (exact) mass is 337 g/mol. The van der Waals surface area contributed by atoms with Crippen molar-refractivity contribution in [1.29, 1.82) is 0 Å². The van der Waals surface area contributed by atoms with Crippen molar-refractivity contribution in [3.63, 3.8) is 0 Å². The highest BCUT2D eigenvalue weighted by Gasteiger charge is 2.09. The number of anilines is 1. The lowest BCUT2D eigenvalue weighted by atomic mass is 10.2. The molecule has 0 aliphatic carbocycles. The fourth-order valence-corrected chi connectivity index (χ4v) is 2.26. The van der Waals surface area contributed by atoms with Crippen molar-refractivity contribution in [3.05, 3.63) is 58.1 Å². The first-order chi connectivity index (χ1) is 9.47. The molecule has 1 amide bonds. The number of pyridine rings is 1. The number of primary amides is 1. The molecule has 0 saturated heterocycles. The Hall–Kier alpha value is -1.95. The standard InChI is InChI=1S/C14H13BrFN3O/c1-19(8-9-2-3-10(16)6-12(9)15)11-4-5-18-13(7-11)14(17)20/h2-7H,8H2,1H3,(H2,17,20). The van der Waals surface area contributed by atoms with Crippen LogP contribution in [0.3, 0.4) is 0 Å². The lowest BCUT2D eigenvalue weighted by molar-refractivity contribution is 0.0995. The highest BCUT2D eigenvalue weighted by molar-refractivity contribution is 9.10. The Morgan fingerprint density at radius 1 is 1.40 bits per heavy atom. The zero-order valence-electron chi connectivity index (χ0n) is 10.8. The maximum Gasteiger partial charge on any atom is 0.267 e. The lowest BCUT2D eigenvalue weighted by Gasteiger charge is -2.20. The topological polar surface area (TPSA) is 59.2 Å². The zero-order chi connectivity index (χ0) is 14.7. The Bertz CT molecular complexity index is 648. The molecule has 1 heterocycles. The summed E-state index contributed by atoms with van der Waals surface area (Å²) in [6, 6.07) is 7.95. The van der Waals surface area contributed by atoms with Crippen LogP contribution in [0.25, 0.3) is 0 Å². The summed E-state index contributed by atoms with van der Waals surface area (Å²) in [4.78, 5) is 16.9. The highest BCUT2D eigenvalue weighted by atomic mass is 79.9. The van der Waals surface area contributed by atoms with Crippen LogP contribution >= 0.6 is 15.9 Å². The third kappa shape index (κ3) is 3.33. The molecule has 4 nitrogen and oxygen atoms in total. The van der Waals surface area contributed by atoms with Gasteiger partial charge in [0, 0.05) is 29.9 Å². The first kappa shape index (κ1) is 14.5. The van der Waals surface area contributed by atoms with Crippen LogP contribution in [0.4, 0.5) is 10.1 Å². The van der Waals surface area contributed by atoms with Gasteiger partial charge in [-0.1, -0.05) is 22.0 Å². The number of rotatable bonds is 4. The molecular formula is C14H13BrFN3O. The molecule has 1 aromatic heterocycles. The van der Waals surface area contributed by atoms with Gasteiger partial charge < -0.3 is 10.6 Å². The van der Waals surface area contributed by atoms with Crippen LogP contribution in [0, 0.1) is 5.82 Å². The van der Waals surface area contributed by atoms with Gasteiger partial charge in [-0.3, -0.25) is 9.78 Å². The van der Waals surface area contributed by atoms with E-state index in [9.17, 15) is 9.18 Å². The predicted octanol–water partition coefficient (Wildman–Crippen LogP) is 2.72. The molecule has 0 atom stereocenters. The Kier molecular flexibility index (Phi) is 4.34. The number of carbonyl (C=O) groups is 1. The molecule has 0 unspecified atom stereocenters. The van der Waals surface area contributed by atoms with E-state index in [4.69, 9.17) is 5.73 Å². The maximum atomic E-state index is 13.0. The lowest BCUT2D eigenvalue weighted by Crippen LogP contribution is -2.19. The van der Waals surface area contributed by atoms with E-state index in [-0.39, 0.29) is 11.5 Å². The number of hydrogen-bond acceptors (Lipinski definition) is 3. The van der Waals surface area contributed by atoms with E-state index in [1.807, 2.05) is 11.9 Å². The number of aromatic nitrogens is 1. The predicted molar refractivity (Wildman–Crippen MR) is 79.0 cm³/mol. The van der Waals surface area contributed by atoms with Crippen molar-refractivity contribution in [1.82, 2.24) is 4.98 Å². The Balaban J connectivity index is 2.21. The molecule has 2 N–H and O–H groups in total. The van der Waals surface area contributed by atoms with Crippen LogP contribution < -0.4 is 10.6 Å². The fourth-order valence-electron chi connectivity index (χ4n) is 1.79. The largest absolute Gasteiger partial charge is 0.370 e. The van der Waals surface area contributed by atoms with Gasteiger partial charge in [0.25, 0.3) is 5.91 Å². The summed E-state index contributed by atoms with van der Waals surface area (Å²) >= 11 is 3.33. The van der Waals surface area contributed by atoms with Gasteiger partial charge in [-0.25, -0.2) is 4.39 Å². The van der Waals surface area contributed by atoms with Crippen molar-refractivity contribution < 1.29 is 9.18 Å². The second-order valence-electron chi connectivity index (χ2n) is 4.36. The summed E-state index contributed by atoms with van der Waals surface area (Å²) < 4.78 is 13.7. The van der Waals surface area contributed by atoms with Gasteiger partial charge in [-0.05, 0) is 29.8 Å². The number of carbonyl (C=O) groups excluding carboxylic acids is 1. The zero-order valence-corrected chi connectivity index (χ0v) is 12.4. The summed E-state index contributed by atoms with van der Waals surface area (Å²) in [5, 5.41) is 0. The Morgan fingerprint density at radius 2 is 2.15 bits per heavy atom. The fraction of sp³-hybridized carbons (Fsp3) is 0.143. The number of halogens is 2. The van der Waals surface area contributed by atoms with Crippen LogP contribution in [0.1, 0.15) is 16.1 Å². The van der Waals surface area contributed by atoms with Crippen molar-refractivity contribution >= 4 is 27.5 Å². The molecule has 104 valence electrons. The molecule has 1 aromatic carbocycles. The normalized spacial score (nSPS) is 10.3. The number of hydrogen-bond donors (Lipinski definition) is 1. The van der Waals surface area contributed by atoms with Crippen LogP contribution in [0.15, 0.2) is 41.0 Å². The summed E-state index contributed by atoms with van der Waals surface area (Å²) in [5.41, 5.74) is 7.17. The van der Waals surface area contributed by atoms with Crippen LogP contribution in [-0.2, 0) is 6.54 Å². The molecule has 2 aromatic rings. The molecule has 0 aliphatic rings. The second kappa shape index (κ2) is 6.00.